The molecule has 168 valence electrons. The molecule has 0 saturated carbocycles. The molecule has 10 nitrogen and oxygen atoms in total. The largest absolute Gasteiger partial charge is 0.493 e. The van der Waals surface area contributed by atoms with E-state index in [-0.39, 0.29) is 23.5 Å². The Bertz CT molecular complexity index is 905. The number of aryl methyl sites for hydroxylation is 1. The maximum Gasteiger partial charge on any atom is 0.271 e. The van der Waals surface area contributed by atoms with Gasteiger partial charge in [-0.05, 0) is 38.9 Å². The third-order valence-corrected chi connectivity index (χ3v) is 4.59. The first-order valence-electron chi connectivity index (χ1n) is 10.2. The van der Waals surface area contributed by atoms with Crippen molar-refractivity contribution in [3.8, 4) is 5.75 Å². The smallest absolute Gasteiger partial charge is 0.271 e. The van der Waals surface area contributed by atoms with Gasteiger partial charge in [0.05, 0.1) is 18.3 Å². The van der Waals surface area contributed by atoms with Crippen molar-refractivity contribution in [3.05, 3.63) is 35.7 Å². The minimum Gasteiger partial charge on any atom is -0.493 e. The van der Waals surface area contributed by atoms with Crippen molar-refractivity contribution < 1.29 is 14.3 Å². The van der Waals surface area contributed by atoms with Crippen molar-refractivity contribution >= 4 is 29.1 Å². The lowest BCUT2D eigenvalue weighted by atomic mass is 10.2. The molecular formula is C21H31N7O3. The number of benzene rings is 1. The predicted molar refractivity (Wildman–Crippen MR) is 121 cm³/mol. The van der Waals surface area contributed by atoms with Crippen LogP contribution in [0.25, 0.3) is 0 Å². The summed E-state index contributed by atoms with van der Waals surface area (Å²) in [6, 6.07) is 7.04. The van der Waals surface area contributed by atoms with Crippen LogP contribution in [0.1, 0.15) is 36.5 Å². The summed E-state index contributed by atoms with van der Waals surface area (Å²) in [5, 5.41) is 11.8. The number of carbonyl (C=O) groups excluding carboxylic acids is 2. The molecule has 0 saturated heterocycles. The lowest BCUT2D eigenvalue weighted by Gasteiger charge is -2.14. The average Bonchev–Trinajstić information content (AvgIpc) is 2.77. The molecule has 1 heterocycles. The fourth-order valence-electron chi connectivity index (χ4n) is 2.73. The zero-order valence-electron chi connectivity index (χ0n) is 18.4. The topological polar surface area (TPSA) is 143 Å². The molecule has 0 spiro atoms. The summed E-state index contributed by atoms with van der Waals surface area (Å²) in [6.07, 6.45) is 1.28. The fraction of sp³-hybridized carbons (Fsp3) is 0.429. The molecule has 2 rings (SSSR count). The van der Waals surface area contributed by atoms with Crippen molar-refractivity contribution in [1.29, 1.82) is 0 Å². The number of carbonyl (C=O) groups is 2. The number of nitrogens with zero attached hydrogens (tertiary/aromatic N) is 2. The quantitative estimate of drug-likeness (QED) is 0.319. The van der Waals surface area contributed by atoms with Gasteiger partial charge in [-0.1, -0.05) is 13.0 Å². The summed E-state index contributed by atoms with van der Waals surface area (Å²) in [4.78, 5) is 32.4. The van der Waals surface area contributed by atoms with E-state index >= 15 is 0 Å². The van der Waals surface area contributed by atoms with E-state index in [4.69, 9.17) is 10.5 Å². The van der Waals surface area contributed by atoms with Crippen molar-refractivity contribution in [2.24, 2.45) is 5.73 Å². The Hall–Kier alpha value is -3.40. The molecule has 0 bridgehead atoms. The van der Waals surface area contributed by atoms with Gasteiger partial charge in [0.25, 0.3) is 5.91 Å². The van der Waals surface area contributed by atoms with Crippen LogP contribution in [-0.4, -0.2) is 55.1 Å². The number of likely N-dealkylation sites (N-methyl/N-ethyl adjacent to an activating group) is 1. The molecule has 1 atom stereocenters. The van der Waals surface area contributed by atoms with Gasteiger partial charge in [-0.3, -0.25) is 9.59 Å². The third-order valence-electron chi connectivity index (χ3n) is 4.59. The Kier molecular flexibility index (Phi) is 9.01. The molecule has 6 N–H and O–H groups in total. The predicted octanol–water partition coefficient (Wildman–Crippen LogP) is 1.42. The Morgan fingerprint density at radius 3 is 2.61 bits per heavy atom. The molecule has 0 unspecified atom stereocenters. The van der Waals surface area contributed by atoms with Gasteiger partial charge in [0.1, 0.15) is 11.6 Å². The van der Waals surface area contributed by atoms with E-state index in [1.165, 1.54) is 0 Å². The average molecular weight is 430 g/mol. The Morgan fingerprint density at radius 2 is 1.97 bits per heavy atom. The molecule has 1 aromatic carbocycles. The van der Waals surface area contributed by atoms with Crippen LogP contribution in [0.2, 0.25) is 0 Å². The summed E-state index contributed by atoms with van der Waals surface area (Å²) in [6.45, 7) is 4.69. The van der Waals surface area contributed by atoms with Crippen molar-refractivity contribution in [2.75, 3.05) is 37.9 Å². The van der Waals surface area contributed by atoms with Gasteiger partial charge in [0.2, 0.25) is 5.91 Å². The monoisotopic (exact) mass is 429 g/mol. The number of hydrogen-bond donors (Lipinski definition) is 5. The summed E-state index contributed by atoms with van der Waals surface area (Å²) in [5.74, 6) is 0.793. The molecular weight excluding hydrogens is 398 g/mol. The molecule has 0 aliphatic carbocycles. The highest BCUT2D eigenvalue weighted by atomic mass is 16.5. The van der Waals surface area contributed by atoms with Crippen LogP contribution in [0.15, 0.2) is 24.3 Å². The van der Waals surface area contributed by atoms with Crippen LogP contribution in [0, 0.1) is 0 Å². The molecule has 1 aromatic heterocycles. The van der Waals surface area contributed by atoms with Gasteiger partial charge >= 0.3 is 0 Å². The number of anilines is 3. The highest BCUT2D eigenvalue weighted by Gasteiger charge is 2.17. The van der Waals surface area contributed by atoms with E-state index in [2.05, 4.69) is 31.2 Å². The summed E-state index contributed by atoms with van der Waals surface area (Å²) >= 11 is 0. The van der Waals surface area contributed by atoms with Gasteiger partial charge in [-0.15, -0.1) is 0 Å². The van der Waals surface area contributed by atoms with Gasteiger partial charge in [-0.25, -0.2) is 9.97 Å². The lowest BCUT2D eigenvalue weighted by molar-refractivity contribution is -0.122. The van der Waals surface area contributed by atoms with Crippen LogP contribution in [0.3, 0.4) is 0 Å². The molecule has 2 amide bonds. The van der Waals surface area contributed by atoms with Crippen molar-refractivity contribution in [2.45, 2.75) is 32.7 Å². The number of aromatic nitrogens is 2. The first-order chi connectivity index (χ1) is 14.9. The minimum atomic E-state index is -0.658. The Morgan fingerprint density at radius 1 is 1.19 bits per heavy atom. The van der Waals surface area contributed by atoms with E-state index in [1.807, 2.05) is 25.1 Å². The number of nitrogens with one attached hydrogen (secondary N) is 4. The first-order valence-corrected chi connectivity index (χ1v) is 10.2. The van der Waals surface area contributed by atoms with E-state index < -0.39 is 5.91 Å². The SMILES string of the molecule is CCc1nc(C(N)=O)c(Nc2cccc(OCCCNC(=O)[C@H](C)NC)c2)nc1NC. The summed E-state index contributed by atoms with van der Waals surface area (Å²) in [5.41, 5.74) is 6.91. The standard InChI is InChI=1S/C21H31N7O3/c1-5-16-19(24-4)28-20(17(27-16)18(22)29)26-14-8-6-9-15(12-14)31-11-7-10-25-21(30)13(2)23-3/h6,8-9,12-13,23H,5,7,10-11H2,1-4H3,(H2,22,29)(H,25,30)(H2,24,26,28)/t13-/m0/s1. The number of amides is 2. The number of nitrogens with two attached hydrogens (primary N) is 1. The van der Waals surface area contributed by atoms with Crippen LogP contribution in [0.5, 0.6) is 5.75 Å². The normalized spacial score (nSPS) is 11.5. The molecule has 0 fully saturated rings. The van der Waals surface area contributed by atoms with E-state index in [0.29, 0.717) is 48.9 Å². The van der Waals surface area contributed by atoms with Crippen molar-refractivity contribution in [1.82, 2.24) is 20.6 Å². The van der Waals surface area contributed by atoms with Crippen LogP contribution < -0.4 is 31.7 Å². The Labute approximate surface area is 182 Å². The summed E-state index contributed by atoms with van der Waals surface area (Å²) < 4.78 is 5.77. The second kappa shape index (κ2) is 11.7. The zero-order chi connectivity index (χ0) is 22.8. The Balaban J connectivity index is 2.01. The number of ether oxygens (including phenoxy) is 1. The van der Waals surface area contributed by atoms with Gasteiger partial charge in [0, 0.05) is 25.3 Å². The molecule has 31 heavy (non-hydrogen) atoms. The number of hydrogen-bond acceptors (Lipinski definition) is 8. The van der Waals surface area contributed by atoms with Crippen LogP contribution in [0.4, 0.5) is 17.3 Å². The number of primary amides is 1. The minimum absolute atomic E-state index is 0.0462. The molecule has 0 aliphatic rings. The third kappa shape index (κ3) is 6.82. The molecule has 10 heteroatoms. The second-order valence-corrected chi connectivity index (χ2v) is 6.84. The van der Waals surface area contributed by atoms with E-state index in [1.54, 1.807) is 27.1 Å². The fourth-order valence-corrected chi connectivity index (χ4v) is 2.73. The lowest BCUT2D eigenvalue weighted by Crippen LogP contribution is -2.40. The summed E-state index contributed by atoms with van der Waals surface area (Å²) in [7, 11) is 3.48. The maximum absolute atomic E-state index is 11.9. The van der Waals surface area contributed by atoms with Gasteiger partial charge in [-0.2, -0.15) is 0 Å². The second-order valence-electron chi connectivity index (χ2n) is 6.84. The maximum atomic E-state index is 11.9. The zero-order valence-corrected chi connectivity index (χ0v) is 18.4. The highest BCUT2D eigenvalue weighted by molar-refractivity contribution is 5.96. The van der Waals surface area contributed by atoms with E-state index in [9.17, 15) is 9.59 Å². The number of rotatable bonds is 12. The molecule has 2 aromatic rings. The van der Waals surface area contributed by atoms with Gasteiger partial charge in [0.15, 0.2) is 11.5 Å². The van der Waals surface area contributed by atoms with Crippen LogP contribution in [-0.2, 0) is 11.2 Å². The molecule has 0 aliphatic heterocycles. The van der Waals surface area contributed by atoms with Crippen molar-refractivity contribution in [3.63, 3.8) is 0 Å². The first kappa shape index (κ1) is 23.9. The van der Waals surface area contributed by atoms with Crippen LogP contribution >= 0.6 is 0 Å². The van der Waals surface area contributed by atoms with E-state index in [0.717, 1.165) is 0 Å². The van der Waals surface area contributed by atoms with Gasteiger partial charge < -0.3 is 31.7 Å². The highest BCUT2D eigenvalue weighted by Crippen LogP contribution is 2.24. The molecule has 0 radical (unpaired) electrons.